The summed E-state index contributed by atoms with van der Waals surface area (Å²) < 4.78 is 81.5. The van der Waals surface area contributed by atoms with E-state index in [4.69, 9.17) is 9.57 Å². The molecule has 1 aromatic carbocycles. The normalized spacial score (nSPS) is 28.0. The largest absolute Gasteiger partial charge is 0.573 e. The molecule has 15 heteroatoms. The van der Waals surface area contributed by atoms with Crippen LogP contribution in [0.2, 0.25) is 0 Å². The van der Waals surface area contributed by atoms with Gasteiger partial charge in [0, 0.05) is 35.6 Å². The molecule has 6 atom stereocenters. The lowest BCUT2D eigenvalue weighted by Gasteiger charge is -2.33. The number of nitrogens with zero attached hydrogens (tertiary/aromatic N) is 3. The first kappa shape index (κ1) is 36.5. The van der Waals surface area contributed by atoms with Crippen LogP contribution in [0.15, 0.2) is 24.3 Å². The predicted molar refractivity (Wildman–Crippen MR) is 167 cm³/mol. The number of aromatic nitrogens is 1. The Bertz CT molecular complexity index is 1580. The van der Waals surface area contributed by atoms with E-state index in [9.17, 15) is 27.7 Å². The summed E-state index contributed by atoms with van der Waals surface area (Å²) in [5.41, 5.74) is 1.21. The second-order valence-corrected chi connectivity index (χ2v) is 14.7. The highest BCUT2D eigenvalue weighted by Crippen LogP contribution is 2.44. The van der Waals surface area contributed by atoms with Crippen LogP contribution in [0.5, 0.6) is 11.6 Å². The van der Waals surface area contributed by atoms with E-state index < -0.39 is 83.3 Å². The van der Waals surface area contributed by atoms with Gasteiger partial charge in [-0.05, 0) is 49.3 Å². The molecule has 5 rings (SSSR count). The fraction of sp³-hybridized carbons (Fsp3) is 0.676. The third-order valence-electron chi connectivity index (χ3n) is 9.61. The van der Waals surface area contributed by atoms with Gasteiger partial charge in [0.25, 0.3) is 11.8 Å². The maximum Gasteiger partial charge on any atom is 0.573 e. The van der Waals surface area contributed by atoms with Crippen LogP contribution in [0.3, 0.4) is 0 Å². The maximum atomic E-state index is 16.1. The molecule has 1 N–H and O–H groups in total. The van der Waals surface area contributed by atoms with Crippen molar-refractivity contribution in [3.8, 4) is 11.6 Å². The standard InChI is InChI=1S/C34H44F5N4O6/c1-7-22-26-17-42(27(22)28(44)18(2)3)31(45)29(32(4,5)6)41-43(46)49-25-15-20(25)10-8-9-13-33(35,36)23-14-19-11-12-21(48-34(37,38)39)16-24(19)40-30(23)47-26/h11-12,14,16,18,20,22,25-27,29H,7-10,13,15,17H2,1-6H3,(H,41,46)/q+1. The number of carbonyl (C=O) groups excluding carboxylic acids is 2. The second kappa shape index (κ2) is 13.5. The summed E-state index contributed by atoms with van der Waals surface area (Å²) in [7, 11) is 0. The van der Waals surface area contributed by atoms with Crippen LogP contribution in [0.1, 0.15) is 85.6 Å². The first-order valence-corrected chi connectivity index (χ1v) is 16.8. The first-order chi connectivity index (χ1) is 22.8. The summed E-state index contributed by atoms with van der Waals surface area (Å²) in [5.74, 6) is -6.54. The molecule has 2 bridgehead atoms. The zero-order valence-corrected chi connectivity index (χ0v) is 28.5. The van der Waals surface area contributed by atoms with Crippen molar-refractivity contribution in [2.75, 3.05) is 6.54 Å². The first-order valence-electron chi connectivity index (χ1n) is 16.8. The molecule has 1 aromatic heterocycles. The van der Waals surface area contributed by atoms with Crippen molar-refractivity contribution < 1.29 is 50.9 Å². The van der Waals surface area contributed by atoms with E-state index in [0.717, 1.165) is 18.2 Å². The molecule has 1 saturated heterocycles. The number of ether oxygens (including phenoxy) is 2. The van der Waals surface area contributed by atoms with Crippen LogP contribution in [0.4, 0.5) is 22.0 Å². The fourth-order valence-corrected chi connectivity index (χ4v) is 6.83. The molecule has 2 aliphatic heterocycles. The number of benzene rings is 1. The van der Waals surface area contributed by atoms with Crippen molar-refractivity contribution in [3.63, 3.8) is 0 Å². The van der Waals surface area contributed by atoms with Crippen LogP contribution in [-0.2, 0) is 20.3 Å². The third-order valence-corrected chi connectivity index (χ3v) is 9.61. The smallest absolute Gasteiger partial charge is 0.472 e. The molecule has 270 valence electrons. The molecule has 3 heterocycles. The summed E-state index contributed by atoms with van der Waals surface area (Å²) in [6, 6.07) is 2.25. The van der Waals surface area contributed by atoms with E-state index in [0.29, 0.717) is 25.7 Å². The monoisotopic (exact) mass is 699 g/mol. The van der Waals surface area contributed by atoms with Gasteiger partial charge in [0.05, 0.1) is 23.7 Å². The van der Waals surface area contributed by atoms with Gasteiger partial charge in [-0.25, -0.2) is 18.6 Å². The van der Waals surface area contributed by atoms with Gasteiger partial charge < -0.3 is 14.4 Å². The van der Waals surface area contributed by atoms with Crippen molar-refractivity contribution in [2.24, 2.45) is 23.2 Å². The van der Waals surface area contributed by atoms with Gasteiger partial charge in [0.2, 0.25) is 5.88 Å². The van der Waals surface area contributed by atoms with Crippen molar-refractivity contribution in [3.05, 3.63) is 34.7 Å². The lowest BCUT2D eigenvalue weighted by atomic mass is 9.85. The molecule has 3 aliphatic rings. The Morgan fingerprint density at radius 3 is 2.51 bits per heavy atom. The zero-order chi connectivity index (χ0) is 36.1. The van der Waals surface area contributed by atoms with Crippen molar-refractivity contribution in [1.29, 1.82) is 0 Å². The second-order valence-electron chi connectivity index (χ2n) is 14.7. The number of Topliss-reactive ketones (excluding diaryl/α,β-unsaturated/α-hetero) is 1. The number of hydrogen-bond donors (Lipinski definition) is 1. The predicted octanol–water partition coefficient (Wildman–Crippen LogP) is 7.03. The van der Waals surface area contributed by atoms with E-state index >= 15 is 8.78 Å². The minimum Gasteiger partial charge on any atom is -0.472 e. The third kappa shape index (κ3) is 8.17. The Morgan fingerprint density at radius 2 is 1.88 bits per heavy atom. The Labute approximate surface area is 281 Å². The molecule has 49 heavy (non-hydrogen) atoms. The molecule has 0 radical (unpaired) electrons. The number of hydrogen-bond acceptors (Lipinski definition) is 7. The summed E-state index contributed by atoms with van der Waals surface area (Å²) >= 11 is 0. The van der Waals surface area contributed by atoms with E-state index in [2.05, 4.69) is 15.1 Å². The van der Waals surface area contributed by atoms with E-state index in [-0.39, 0.29) is 40.6 Å². The van der Waals surface area contributed by atoms with Gasteiger partial charge >= 0.3 is 11.4 Å². The number of pyridine rings is 1. The quantitative estimate of drug-likeness (QED) is 0.339. The number of rotatable bonds is 4. The number of carbonyl (C=O) groups is 2. The summed E-state index contributed by atoms with van der Waals surface area (Å²) in [5, 5.41) is 0.347. The maximum absolute atomic E-state index is 16.1. The minimum atomic E-state index is -4.98. The lowest BCUT2D eigenvalue weighted by Crippen LogP contribution is -2.58. The van der Waals surface area contributed by atoms with Crippen molar-refractivity contribution in [1.82, 2.24) is 15.3 Å². The van der Waals surface area contributed by atoms with E-state index in [1.54, 1.807) is 41.5 Å². The highest BCUT2D eigenvalue weighted by atomic mass is 19.4. The van der Waals surface area contributed by atoms with Gasteiger partial charge in [0.1, 0.15) is 16.8 Å². The van der Waals surface area contributed by atoms with Crippen LogP contribution >= 0.6 is 0 Å². The van der Waals surface area contributed by atoms with Gasteiger partial charge in [-0.2, -0.15) is 0 Å². The summed E-state index contributed by atoms with van der Waals surface area (Å²) in [6.45, 7) is 10.2. The number of nitrogens with one attached hydrogen (secondary N) is 1. The zero-order valence-electron chi connectivity index (χ0n) is 28.5. The van der Waals surface area contributed by atoms with Crippen LogP contribution in [0, 0.1) is 28.1 Å². The number of halogens is 5. The number of ketones is 1. The van der Waals surface area contributed by atoms with Crippen LogP contribution < -0.4 is 14.9 Å². The SMILES string of the molecule is CCC1C2CN(C(=O)C(C(C)(C)C)N[N+](=O)OC3CC3CCCCC(F)(F)c3cc4ccc(OC(F)(F)F)cc4nc3O2)C1C(=O)C(C)C. The topological polar surface area (TPSA) is 110 Å². The number of alkyl halides is 5. The number of hydrazine groups is 1. The van der Waals surface area contributed by atoms with Crippen molar-refractivity contribution >= 4 is 22.6 Å². The van der Waals surface area contributed by atoms with Crippen molar-refractivity contribution in [2.45, 2.75) is 117 Å². The van der Waals surface area contributed by atoms with Gasteiger partial charge in [-0.3, -0.25) is 9.59 Å². The molecule has 2 fully saturated rings. The highest BCUT2D eigenvalue weighted by molar-refractivity contribution is 5.93. The lowest BCUT2D eigenvalue weighted by molar-refractivity contribution is -0.850. The average molecular weight is 700 g/mol. The fourth-order valence-electron chi connectivity index (χ4n) is 6.83. The Hall–Kier alpha value is -3.78. The minimum absolute atomic E-state index is 0.0124. The van der Waals surface area contributed by atoms with Gasteiger partial charge in [-0.1, -0.05) is 53.4 Å². The molecule has 6 unspecified atom stereocenters. The van der Waals surface area contributed by atoms with Gasteiger partial charge in [-0.15, -0.1) is 13.2 Å². The Balaban J connectivity index is 1.62. The molecule has 10 nitrogen and oxygen atoms in total. The molecular formula is C34H44F5N4O6+. The van der Waals surface area contributed by atoms with Gasteiger partial charge in [0.15, 0.2) is 17.9 Å². The molecule has 1 saturated carbocycles. The number of fused-ring (bicyclic) bond motifs is 5. The Kier molecular flexibility index (Phi) is 10.1. The summed E-state index contributed by atoms with van der Waals surface area (Å²) in [4.78, 5) is 52.2. The molecule has 0 spiro atoms. The molecule has 1 amide bonds. The molecule has 1 aliphatic carbocycles. The van der Waals surface area contributed by atoms with E-state index in [1.807, 2.05) is 0 Å². The van der Waals surface area contributed by atoms with E-state index in [1.165, 1.54) is 11.0 Å². The highest BCUT2D eigenvalue weighted by Gasteiger charge is 2.53. The van der Waals surface area contributed by atoms with Crippen LogP contribution in [-0.4, -0.2) is 63.8 Å². The summed E-state index contributed by atoms with van der Waals surface area (Å²) in [6.07, 6.45) is -4.98. The van der Waals surface area contributed by atoms with Crippen LogP contribution in [0.25, 0.3) is 10.9 Å². The average Bonchev–Trinajstić information content (AvgIpc) is 3.62. The Morgan fingerprint density at radius 1 is 1.16 bits per heavy atom. The number of amides is 1. The molecule has 2 aromatic rings. The molecular weight excluding hydrogens is 655 g/mol.